The van der Waals surface area contributed by atoms with Gasteiger partial charge in [0, 0.05) is 29.9 Å². The summed E-state index contributed by atoms with van der Waals surface area (Å²) < 4.78 is 7.71. The molecule has 10 nitrogen and oxygen atoms in total. The van der Waals surface area contributed by atoms with Crippen LogP contribution in [0.1, 0.15) is 46.5 Å². The van der Waals surface area contributed by atoms with Crippen LogP contribution in [0.2, 0.25) is 5.02 Å². The van der Waals surface area contributed by atoms with E-state index in [0.29, 0.717) is 5.02 Å². The molecule has 0 aliphatic heterocycles. The molecule has 4 rings (SSSR count). The summed E-state index contributed by atoms with van der Waals surface area (Å²) in [7, 11) is 1.49. The zero-order valence-corrected chi connectivity index (χ0v) is 18.8. The van der Waals surface area contributed by atoms with E-state index in [-0.39, 0.29) is 11.5 Å². The first kappa shape index (κ1) is 22.3. The van der Waals surface area contributed by atoms with Gasteiger partial charge in [0.05, 0.1) is 12.2 Å². The fraction of sp³-hybridized carbons (Fsp3) is 0.227. The Bertz CT molecular complexity index is 1360. The highest BCUT2D eigenvalue weighted by Crippen LogP contribution is 2.37. The van der Waals surface area contributed by atoms with Gasteiger partial charge in [-0.2, -0.15) is 5.10 Å². The minimum atomic E-state index is -0.772. The normalized spacial score (nSPS) is 13.0. The number of aryl methyl sites for hydroxylation is 1. The molecule has 4 aromatic rings. The molecular weight excluding hydrogens is 448 g/mol. The van der Waals surface area contributed by atoms with Gasteiger partial charge in [-0.3, -0.25) is 18.8 Å². The van der Waals surface area contributed by atoms with Gasteiger partial charge in [0.1, 0.15) is 17.8 Å². The third kappa shape index (κ3) is 4.12. The SMILES string of the molecule is Cc1ccnn1[C@H](c1ccccc1Cl)[C@H](C)c1nc(C(=O)Nc2cnoc2)c(O)c(=O)n1C. The predicted octanol–water partition coefficient (Wildman–Crippen LogP) is 3.28. The molecule has 0 saturated heterocycles. The molecule has 0 radical (unpaired) electrons. The highest BCUT2D eigenvalue weighted by atomic mass is 35.5. The quantitative estimate of drug-likeness (QED) is 0.444. The number of carbonyl (C=O) groups is 1. The predicted molar refractivity (Wildman–Crippen MR) is 121 cm³/mol. The van der Waals surface area contributed by atoms with Crippen LogP contribution in [0, 0.1) is 6.92 Å². The molecule has 0 fully saturated rings. The molecule has 0 bridgehead atoms. The zero-order valence-electron chi connectivity index (χ0n) is 18.1. The first-order chi connectivity index (χ1) is 15.8. The minimum absolute atomic E-state index is 0.262. The van der Waals surface area contributed by atoms with Crippen LogP contribution in [-0.4, -0.2) is 35.5 Å². The van der Waals surface area contributed by atoms with Crippen LogP contribution in [0.3, 0.4) is 0 Å². The molecule has 3 aromatic heterocycles. The van der Waals surface area contributed by atoms with E-state index >= 15 is 0 Å². The monoisotopic (exact) mass is 468 g/mol. The Morgan fingerprint density at radius 1 is 1.27 bits per heavy atom. The Balaban J connectivity index is 1.84. The van der Waals surface area contributed by atoms with Gasteiger partial charge in [0.15, 0.2) is 5.69 Å². The molecule has 1 amide bonds. The van der Waals surface area contributed by atoms with Crippen LogP contribution in [0.25, 0.3) is 0 Å². The largest absolute Gasteiger partial charge is 0.501 e. The number of hydrogen-bond acceptors (Lipinski definition) is 7. The van der Waals surface area contributed by atoms with Crippen LogP contribution in [0.5, 0.6) is 5.75 Å². The molecule has 3 heterocycles. The summed E-state index contributed by atoms with van der Waals surface area (Å²) in [6.07, 6.45) is 4.17. The maximum absolute atomic E-state index is 12.8. The van der Waals surface area contributed by atoms with Gasteiger partial charge >= 0.3 is 0 Å². The van der Waals surface area contributed by atoms with E-state index in [0.717, 1.165) is 11.3 Å². The van der Waals surface area contributed by atoms with Crippen LogP contribution in [0.4, 0.5) is 5.69 Å². The Morgan fingerprint density at radius 2 is 2.03 bits per heavy atom. The Hall–Kier alpha value is -3.92. The maximum Gasteiger partial charge on any atom is 0.296 e. The van der Waals surface area contributed by atoms with Crippen molar-refractivity contribution in [1.82, 2.24) is 24.5 Å². The number of halogens is 1. The summed E-state index contributed by atoms with van der Waals surface area (Å²) in [6.45, 7) is 3.76. The summed E-state index contributed by atoms with van der Waals surface area (Å²) in [5, 5.41) is 21.4. The average molecular weight is 469 g/mol. The van der Waals surface area contributed by atoms with Crippen LogP contribution >= 0.6 is 11.6 Å². The van der Waals surface area contributed by atoms with Gasteiger partial charge in [-0.1, -0.05) is 41.9 Å². The highest BCUT2D eigenvalue weighted by molar-refractivity contribution is 6.31. The lowest BCUT2D eigenvalue weighted by Crippen LogP contribution is -2.31. The number of rotatable bonds is 6. The van der Waals surface area contributed by atoms with Crippen molar-refractivity contribution < 1.29 is 14.4 Å². The maximum atomic E-state index is 12.8. The number of aromatic hydroxyl groups is 1. The first-order valence-corrected chi connectivity index (χ1v) is 10.4. The van der Waals surface area contributed by atoms with Gasteiger partial charge in [0.25, 0.3) is 11.5 Å². The summed E-state index contributed by atoms with van der Waals surface area (Å²) in [6, 6.07) is 8.76. The fourth-order valence-electron chi connectivity index (χ4n) is 3.77. The van der Waals surface area contributed by atoms with Crippen molar-refractivity contribution in [1.29, 1.82) is 0 Å². The molecule has 1 aromatic carbocycles. The Kier molecular flexibility index (Phi) is 6.01. The van der Waals surface area contributed by atoms with E-state index in [2.05, 4.69) is 20.6 Å². The number of amides is 1. The zero-order chi connectivity index (χ0) is 23.7. The number of nitrogens with zero attached hydrogens (tertiary/aromatic N) is 5. The van der Waals surface area contributed by atoms with E-state index < -0.39 is 34.9 Å². The summed E-state index contributed by atoms with van der Waals surface area (Å²) in [4.78, 5) is 30.0. The summed E-state index contributed by atoms with van der Waals surface area (Å²) in [5.41, 5.74) is 0.753. The minimum Gasteiger partial charge on any atom is -0.501 e. The second kappa shape index (κ2) is 8.91. The summed E-state index contributed by atoms with van der Waals surface area (Å²) >= 11 is 6.53. The molecular formula is C22H21ClN6O4. The van der Waals surface area contributed by atoms with E-state index in [1.54, 1.807) is 16.9 Å². The lowest BCUT2D eigenvalue weighted by Gasteiger charge is -2.28. The molecule has 33 heavy (non-hydrogen) atoms. The molecule has 0 aliphatic carbocycles. The van der Waals surface area contributed by atoms with Crippen molar-refractivity contribution in [3.8, 4) is 5.75 Å². The van der Waals surface area contributed by atoms with Crippen molar-refractivity contribution in [3.05, 3.63) is 87.1 Å². The van der Waals surface area contributed by atoms with Crippen LogP contribution in [0.15, 0.2) is 58.3 Å². The standard InChI is InChI=1S/C22H21ClN6O4/c1-12-8-9-24-29(12)18(15-6-4-5-7-16(15)23)13(2)20-27-17(19(30)22(32)28(20)3)21(31)26-14-10-25-33-11-14/h4-11,13,18,30H,1-3H3,(H,26,31)/t13-,18-/m0/s1. The topological polar surface area (TPSA) is 128 Å². The lowest BCUT2D eigenvalue weighted by atomic mass is 9.93. The number of hydrogen-bond donors (Lipinski definition) is 2. The fourth-order valence-corrected chi connectivity index (χ4v) is 4.02. The van der Waals surface area contributed by atoms with Crippen molar-refractivity contribution in [2.24, 2.45) is 7.05 Å². The molecule has 0 unspecified atom stereocenters. The molecule has 2 atom stereocenters. The van der Waals surface area contributed by atoms with Gasteiger partial charge in [-0.25, -0.2) is 4.98 Å². The second-order valence-electron chi connectivity index (χ2n) is 7.57. The first-order valence-electron chi connectivity index (χ1n) is 10.0. The Labute approximate surface area is 193 Å². The molecule has 0 spiro atoms. The van der Waals surface area contributed by atoms with Crippen LogP contribution in [-0.2, 0) is 7.05 Å². The third-order valence-electron chi connectivity index (χ3n) is 5.44. The molecule has 170 valence electrons. The number of nitrogens with one attached hydrogen (secondary N) is 1. The molecule has 0 aliphatic rings. The van der Waals surface area contributed by atoms with E-state index in [1.807, 2.05) is 38.1 Å². The molecule has 0 saturated carbocycles. The van der Waals surface area contributed by atoms with Crippen molar-refractivity contribution in [2.75, 3.05) is 5.32 Å². The number of benzene rings is 1. The van der Waals surface area contributed by atoms with Gasteiger partial charge in [-0.15, -0.1) is 0 Å². The molecule has 2 N–H and O–H groups in total. The van der Waals surface area contributed by atoms with Crippen LogP contribution < -0.4 is 10.9 Å². The average Bonchev–Trinajstić information content (AvgIpc) is 3.45. The number of carbonyl (C=O) groups excluding carboxylic acids is 1. The molecule has 11 heteroatoms. The number of aromatic nitrogens is 5. The second-order valence-corrected chi connectivity index (χ2v) is 7.98. The lowest BCUT2D eigenvalue weighted by molar-refractivity contribution is 0.101. The van der Waals surface area contributed by atoms with Gasteiger partial charge in [0.2, 0.25) is 5.75 Å². The smallest absolute Gasteiger partial charge is 0.296 e. The van der Waals surface area contributed by atoms with Crippen molar-refractivity contribution >= 4 is 23.2 Å². The van der Waals surface area contributed by atoms with E-state index in [4.69, 9.17) is 16.1 Å². The summed E-state index contributed by atoms with van der Waals surface area (Å²) in [5.74, 6) is -1.73. The number of anilines is 1. The highest BCUT2D eigenvalue weighted by Gasteiger charge is 2.31. The van der Waals surface area contributed by atoms with Crippen molar-refractivity contribution in [2.45, 2.75) is 25.8 Å². The van der Waals surface area contributed by atoms with Gasteiger partial charge < -0.3 is 14.9 Å². The Morgan fingerprint density at radius 3 is 2.67 bits per heavy atom. The van der Waals surface area contributed by atoms with E-state index in [9.17, 15) is 14.7 Å². The van der Waals surface area contributed by atoms with Gasteiger partial charge in [-0.05, 0) is 24.6 Å². The third-order valence-corrected chi connectivity index (χ3v) is 5.79. The van der Waals surface area contributed by atoms with Crippen molar-refractivity contribution in [3.63, 3.8) is 0 Å². The van der Waals surface area contributed by atoms with E-state index in [1.165, 1.54) is 24.1 Å².